The zero-order valence-corrected chi connectivity index (χ0v) is 17.4. The molecule has 0 unspecified atom stereocenters. The van der Waals surface area contributed by atoms with Crippen LogP contribution in [0.4, 0.5) is 0 Å². The van der Waals surface area contributed by atoms with E-state index in [1.54, 1.807) is 41.5 Å². The summed E-state index contributed by atoms with van der Waals surface area (Å²) in [5.41, 5.74) is 1.47. The third-order valence-corrected chi connectivity index (χ3v) is 5.52. The van der Waals surface area contributed by atoms with Gasteiger partial charge in [-0.1, -0.05) is 11.8 Å². The lowest BCUT2D eigenvalue weighted by molar-refractivity contribution is -0.118. The van der Waals surface area contributed by atoms with Crippen LogP contribution >= 0.6 is 11.8 Å². The van der Waals surface area contributed by atoms with Crippen LogP contribution in [0.3, 0.4) is 0 Å². The predicted octanol–water partition coefficient (Wildman–Crippen LogP) is 2.56. The zero-order valence-electron chi connectivity index (χ0n) is 16.6. The van der Waals surface area contributed by atoms with Crippen LogP contribution in [-0.2, 0) is 24.4 Å². The van der Waals surface area contributed by atoms with E-state index in [1.807, 2.05) is 13.8 Å². The molecule has 0 aromatic carbocycles. The third kappa shape index (κ3) is 4.04. The van der Waals surface area contributed by atoms with Crippen molar-refractivity contribution in [1.29, 1.82) is 0 Å². The molecule has 0 bridgehead atoms. The molecule has 0 saturated heterocycles. The van der Waals surface area contributed by atoms with Gasteiger partial charge in [0, 0.05) is 6.54 Å². The van der Waals surface area contributed by atoms with Gasteiger partial charge in [-0.05, 0) is 38.1 Å². The summed E-state index contributed by atoms with van der Waals surface area (Å²) in [7, 11) is 0. The van der Waals surface area contributed by atoms with E-state index in [-0.39, 0.29) is 23.8 Å². The number of aryl methyl sites for hydroxylation is 2. The van der Waals surface area contributed by atoms with E-state index in [0.29, 0.717) is 46.5 Å². The Morgan fingerprint density at radius 1 is 1.20 bits per heavy atom. The summed E-state index contributed by atoms with van der Waals surface area (Å²) in [6.45, 7) is 4.83. The second-order valence-electron chi connectivity index (χ2n) is 6.61. The maximum atomic E-state index is 13.3. The SMILES string of the molecule is CCn1nc(C)c2nc(SCC(=O)NCc3ccco3)n(Cc3ccco3)c(=O)c21. The Hall–Kier alpha value is -3.27. The van der Waals surface area contributed by atoms with E-state index < -0.39 is 0 Å². The Bertz CT molecular complexity index is 1210. The minimum atomic E-state index is -0.211. The molecule has 0 aliphatic carbocycles. The van der Waals surface area contributed by atoms with Crippen molar-refractivity contribution in [3.63, 3.8) is 0 Å². The fraction of sp³-hybridized carbons (Fsp3) is 0.300. The Labute approximate surface area is 176 Å². The van der Waals surface area contributed by atoms with Crippen molar-refractivity contribution < 1.29 is 13.6 Å². The molecule has 10 heteroatoms. The van der Waals surface area contributed by atoms with E-state index in [2.05, 4.69) is 15.4 Å². The number of fused-ring (bicyclic) bond motifs is 1. The van der Waals surface area contributed by atoms with Gasteiger partial charge in [0.25, 0.3) is 5.56 Å². The van der Waals surface area contributed by atoms with E-state index in [0.717, 1.165) is 0 Å². The van der Waals surface area contributed by atoms with Crippen LogP contribution in [-0.4, -0.2) is 31.0 Å². The highest BCUT2D eigenvalue weighted by Crippen LogP contribution is 2.21. The molecule has 4 aromatic rings. The van der Waals surface area contributed by atoms with E-state index >= 15 is 0 Å². The van der Waals surface area contributed by atoms with Crippen molar-refractivity contribution in [3.05, 3.63) is 64.4 Å². The summed E-state index contributed by atoms with van der Waals surface area (Å²) in [6.07, 6.45) is 3.11. The summed E-state index contributed by atoms with van der Waals surface area (Å²) in [5, 5.41) is 7.65. The predicted molar refractivity (Wildman–Crippen MR) is 111 cm³/mol. The number of carbonyl (C=O) groups excluding carboxylic acids is 1. The van der Waals surface area contributed by atoms with Gasteiger partial charge >= 0.3 is 0 Å². The third-order valence-electron chi connectivity index (χ3n) is 4.55. The summed E-state index contributed by atoms with van der Waals surface area (Å²) >= 11 is 1.20. The van der Waals surface area contributed by atoms with Gasteiger partial charge in [0.15, 0.2) is 10.7 Å². The quantitative estimate of drug-likeness (QED) is 0.340. The van der Waals surface area contributed by atoms with E-state index in [1.165, 1.54) is 16.3 Å². The van der Waals surface area contributed by atoms with Gasteiger partial charge in [-0.25, -0.2) is 4.98 Å². The van der Waals surface area contributed by atoms with Gasteiger partial charge in [0.2, 0.25) is 5.91 Å². The molecule has 0 aliphatic rings. The van der Waals surface area contributed by atoms with Gasteiger partial charge in [0.1, 0.15) is 17.0 Å². The summed E-state index contributed by atoms with van der Waals surface area (Å²) < 4.78 is 13.8. The molecule has 156 valence electrons. The number of nitrogens with one attached hydrogen (secondary N) is 1. The largest absolute Gasteiger partial charge is 0.467 e. The summed E-state index contributed by atoms with van der Waals surface area (Å²) in [4.78, 5) is 30.2. The first-order valence-electron chi connectivity index (χ1n) is 9.49. The number of carbonyl (C=O) groups is 1. The van der Waals surface area contributed by atoms with Crippen LogP contribution in [0.5, 0.6) is 0 Å². The lowest BCUT2D eigenvalue weighted by Crippen LogP contribution is -2.27. The lowest BCUT2D eigenvalue weighted by atomic mass is 10.3. The smallest absolute Gasteiger partial charge is 0.280 e. The van der Waals surface area contributed by atoms with Crippen molar-refractivity contribution in [3.8, 4) is 0 Å². The first-order valence-corrected chi connectivity index (χ1v) is 10.5. The number of nitrogens with zero attached hydrogens (tertiary/aromatic N) is 4. The average Bonchev–Trinajstić information content (AvgIpc) is 3.49. The minimum absolute atomic E-state index is 0.109. The maximum absolute atomic E-state index is 13.3. The molecule has 30 heavy (non-hydrogen) atoms. The average molecular weight is 427 g/mol. The highest BCUT2D eigenvalue weighted by Gasteiger charge is 2.19. The van der Waals surface area contributed by atoms with Crippen molar-refractivity contribution >= 4 is 28.7 Å². The molecule has 1 amide bonds. The number of thioether (sulfide) groups is 1. The molecular formula is C20H21N5O4S. The van der Waals surface area contributed by atoms with Gasteiger partial charge < -0.3 is 14.2 Å². The van der Waals surface area contributed by atoms with Crippen LogP contribution in [0.25, 0.3) is 11.0 Å². The number of aromatic nitrogens is 4. The van der Waals surface area contributed by atoms with Gasteiger partial charge in [0.05, 0.1) is 37.1 Å². The maximum Gasteiger partial charge on any atom is 0.280 e. The Morgan fingerprint density at radius 3 is 2.60 bits per heavy atom. The monoisotopic (exact) mass is 427 g/mol. The highest BCUT2D eigenvalue weighted by atomic mass is 32.2. The van der Waals surface area contributed by atoms with Gasteiger partial charge in [-0.2, -0.15) is 5.10 Å². The Kier molecular flexibility index (Phi) is 5.75. The number of hydrogen-bond acceptors (Lipinski definition) is 7. The lowest BCUT2D eigenvalue weighted by Gasteiger charge is -2.11. The number of furan rings is 2. The number of rotatable bonds is 8. The molecule has 0 fully saturated rings. The zero-order chi connectivity index (χ0) is 21.1. The molecule has 0 atom stereocenters. The Balaban J connectivity index is 1.62. The van der Waals surface area contributed by atoms with Gasteiger partial charge in [-0.15, -0.1) is 0 Å². The second-order valence-corrected chi connectivity index (χ2v) is 7.55. The molecule has 0 aliphatic heterocycles. The van der Waals surface area contributed by atoms with Crippen molar-refractivity contribution in [1.82, 2.24) is 24.6 Å². The van der Waals surface area contributed by atoms with Crippen LogP contribution in [0.1, 0.15) is 24.1 Å². The summed E-state index contributed by atoms with van der Waals surface area (Å²) in [5.74, 6) is 1.22. The molecule has 4 heterocycles. The number of amides is 1. The normalized spacial score (nSPS) is 11.3. The van der Waals surface area contributed by atoms with E-state index in [9.17, 15) is 9.59 Å². The topological polar surface area (TPSA) is 108 Å². The summed E-state index contributed by atoms with van der Waals surface area (Å²) in [6, 6.07) is 7.12. The Morgan fingerprint density at radius 2 is 1.93 bits per heavy atom. The van der Waals surface area contributed by atoms with Crippen molar-refractivity contribution in [2.45, 2.75) is 38.6 Å². The van der Waals surface area contributed by atoms with Crippen molar-refractivity contribution in [2.75, 3.05) is 5.75 Å². The first-order chi connectivity index (χ1) is 14.6. The standard InChI is InChI=1S/C20H21N5O4S/c1-3-25-18-17(13(2)23-25)22-20(24(19(18)27)11-15-7-5-9-29-15)30-12-16(26)21-10-14-6-4-8-28-14/h4-9H,3,10-12H2,1-2H3,(H,21,26). The molecule has 4 aromatic heterocycles. The van der Waals surface area contributed by atoms with Crippen LogP contribution in [0.15, 0.2) is 55.6 Å². The molecule has 0 radical (unpaired) electrons. The highest BCUT2D eigenvalue weighted by molar-refractivity contribution is 7.99. The van der Waals surface area contributed by atoms with Crippen LogP contribution < -0.4 is 10.9 Å². The van der Waals surface area contributed by atoms with Crippen LogP contribution in [0.2, 0.25) is 0 Å². The molecule has 4 rings (SSSR count). The number of hydrogen-bond donors (Lipinski definition) is 1. The molecule has 0 spiro atoms. The fourth-order valence-electron chi connectivity index (χ4n) is 3.11. The van der Waals surface area contributed by atoms with E-state index in [4.69, 9.17) is 8.83 Å². The first kappa shape index (κ1) is 20.0. The second kappa shape index (κ2) is 8.62. The fourth-order valence-corrected chi connectivity index (χ4v) is 3.93. The minimum Gasteiger partial charge on any atom is -0.467 e. The molecule has 0 saturated carbocycles. The molecular weight excluding hydrogens is 406 g/mol. The molecule has 9 nitrogen and oxygen atoms in total. The van der Waals surface area contributed by atoms with Gasteiger partial charge in [-0.3, -0.25) is 18.8 Å². The van der Waals surface area contributed by atoms with Crippen LogP contribution in [0, 0.1) is 6.92 Å². The van der Waals surface area contributed by atoms with Crippen molar-refractivity contribution in [2.24, 2.45) is 0 Å². The molecule has 1 N–H and O–H groups in total.